The van der Waals surface area contributed by atoms with Crippen LogP contribution in [0.2, 0.25) is 0 Å². The van der Waals surface area contributed by atoms with Crippen molar-refractivity contribution in [3.63, 3.8) is 0 Å². The number of ether oxygens (including phenoxy) is 2. The van der Waals surface area contributed by atoms with Crippen LogP contribution in [0.3, 0.4) is 0 Å². The zero-order valence-electron chi connectivity index (χ0n) is 8.41. The van der Waals surface area contributed by atoms with Gasteiger partial charge in [-0.05, 0) is 12.8 Å². The molecule has 1 saturated carbocycles. The lowest BCUT2D eigenvalue weighted by Crippen LogP contribution is -2.20. The van der Waals surface area contributed by atoms with Crippen LogP contribution < -0.4 is 0 Å². The minimum Gasteiger partial charge on any atom is -0.480 e. The summed E-state index contributed by atoms with van der Waals surface area (Å²) in [4.78, 5) is 10.1. The molecule has 0 aromatic heterocycles. The molecule has 1 rings (SSSR count). The van der Waals surface area contributed by atoms with E-state index in [1.54, 1.807) is 0 Å². The van der Waals surface area contributed by atoms with E-state index in [2.05, 4.69) is 0 Å². The molecular weight excluding hydrogens is 184 g/mol. The van der Waals surface area contributed by atoms with Crippen LogP contribution in [0.25, 0.3) is 0 Å². The van der Waals surface area contributed by atoms with E-state index in [-0.39, 0.29) is 6.61 Å². The number of carbonyl (C=O) groups is 1. The van der Waals surface area contributed by atoms with Gasteiger partial charge >= 0.3 is 5.97 Å². The molecule has 0 heterocycles. The molecule has 0 bridgehead atoms. The minimum absolute atomic E-state index is 0.228. The average molecular weight is 202 g/mol. The van der Waals surface area contributed by atoms with Crippen molar-refractivity contribution < 1.29 is 19.4 Å². The zero-order valence-corrected chi connectivity index (χ0v) is 8.41. The van der Waals surface area contributed by atoms with E-state index in [9.17, 15) is 4.79 Å². The Kier molecular flexibility index (Phi) is 5.56. The Morgan fingerprint density at radius 1 is 1.21 bits per heavy atom. The molecule has 0 spiro atoms. The highest BCUT2D eigenvalue weighted by atomic mass is 16.5. The summed E-state index contributed by atoms with van der Waals surface area (Å²) in [5, 5.41) is 8.30. The van der Waals surface area contributed by atoms with Gasteiger partial charge in [-0.25, -0.2) is 4.79 Å². The summed E-state index contributed by atoms with van der Waals surface area (Å²) in [7, 11) is 0. The first-order valence-corrected chi connectivity index (χ1v) is 5.20. The molecule has 1 N–H and O–H groups in total. The van der Waals surface area contributed by atoms with Crippen molar-refractivity contribution in [3.05, 3.63) is 0 Å². The maximum atomic E-state index is 10.1. The van der Waals surface area contributed by atoms with Crippen molar-refractivity contribution >= 4 is 5.97 Å². The largest absolute Gasteiger partial charge is 0.480 e. The van der Waals surface area contributed by atoms with E-state index in [1.165, 1.54) is 19.3 Å². The summed E-state index contributed by atoms with van der Waals surface area (Å²) in [6.45, 7) is 0.661. The first-order chi connectivity index (χ1) is 6.79. The van der Waals surface area contributed by atoms with Gasteiger partial charge in [-0.2, -0.15) is 0 Å². The molecule has 0 aliphatic heterocycles. The standard InChI is InChI=1S/C10H18O4/c11-10(12)8-13-6-7-14-9-4-2-1-3-5-9/h9H,1-8H2,(H,11,12). The van der Waals surface area contributed by atoms with E-state index in [0.717, 1.165) is 12.8 Å². The number of carboxylic acid groups (broad SMARTS) is 1. The van der Waals surface area contributed by atoms with Gasteiger partial charge in [-0.15, -0.1) is 0 Å². The van der Waals surface area contributed by atoms with Gasteiger partial charge in [0.15, 0.2) is 0 Å². The molecule has 1 fully saturated rings. The van der Waals surface area contributed by atoms with E-state index >= 15 is 0 Å². The lowest BCUT2D eigenvalue weighted by Gasteiger charge is -2.21. The third-order valence-electron chi connectivity index (χ3n) is 2.36. The van der Waals surface area contributed by atoms with Crippen LogP contribution >= 0.6 is 0 Å². The average Bonchev–Trinajstić information content (AvgIpc) is 2.18. The highest BCUT2D eigenvalue weighted by molar-refractivity contribution is 5.67. The maximum Gasteiger partial charge on any atom is 0.329 e. The molecule has 4 nitrogen and oxygen atoms in total. The quantitative estimate of drug-likeness (QED) is 0.662. The van der Waals surface area contributed by atoms with E-state index < -0.39 is 5.97 Å². The van der Waals surface area contributed by atoms with Gasteiger partial charge in [0.25, 0.3) is 0 Å². The fraction of sp³-hybridized carbons (Fsp3) is 0.900. The molecule has 0 aromatic carbocycles. The van der Waals surface area contributed by atoms with Crippen molar-refractivity contribution in [1.82, 2.24) is 0 Å². The summed E-state index contributed by atoms with van der Waals surface area (Å²) in [6, 6.07) is 0. The number of rotatable bonds is 6. The van der Waals surface area contributed by atoms with Crippen LogP contribution in [0.5, 0.6) is 0 Å². The molecular formula is C10H18O4. The van der Waals surface area contributed by atoms with Gasteiger partial charge in [0, 0.05) is 0 Å². The van der Waals surface area contributed by atoms with E-state index in [0.29, 0.717) is 19.3 Å². The van der Waals surface area contributed by atoms with Crippen LogP contribution in [0.4, 0.5) is 0 Å². The number of hydrogen-bond acceptors (Lipinski definition) is 3. The zero-order chi connectivity index (χ0) is 10.2. The molecule has 4 heteroatoms. The number of carboxylic acids is 1. The monoisotopic (exact) mass is 202 g/mol. The minimum atomic E-state index is -0.928. The van der Waals surface area contributed by atoms with Crippen LogP contribution in [0.15, 0.2) is 0 Å². The second-order valence-corrected chi connectivity index (χ2v) is 3.58. The maximum absolute atomic E-state index is 10.1. The van der Waals surface area contributed by atoms with Crippen molar-refractivity contribution in [2.45, 2.75) is 38.2 Å². The van der Waals surface area contributed by atoms with E-state index in [4.69, 9.17) is 14.6 Å². The Morgan fingerprint density at radius 2 is 1.93 bits per heavy atom. The van der Waals surface area contributed by atoms with E-state index in [1.807, 2.05) is 0 Å². The Hall–Kier alpha value is -0.610. The van der Waals surface area contributed by atoms with Gasteiger partial charge in [-0.3, -0.25) is 0 Å². The Balaban J connectivity index is 1.90. The van der Waals surface area contributed by atoms with Crippen LogP contribution in [0.1, 0.15) is 32.1 Å². The van der Waals surface area contributed by atoms with Gasteiger partial charge in [-0.1, -0.05) is 19.3 Å². The predicted octanol–water partition coefficient (Wildman–Crippen LogP) is 1.44. The highest BCUT2D eigenvalue weighted by Gasteiger charge is 2.12. The molecule has 1 aliphatic rings. The van der Waals surface area contributed by atoms with Gasteiger partial charge in [0.2, 0.25) is 0 Å². The predicted molar refractivity (Wildman–Crippen MR) is 51.3 cm³/mol. The molecule has 0 saturated heterocycles. The lowest BCUT2D eigenvalue weighted by atomic mass is 9.98. The van der Waals surface area contributed by atoms with Gasteiger partial charge in [0.1, 0.15) is 6.61 Å². The third-order valence-corrected chi connectivity index (χ3v) is 2.36. The number of aliphatic carboxylic acids is 1. The Bertz CT molecular complexity index is 164. The fourth-order valence-electron chi connectivity index (χ4n) is 1.66. The SMILES string of the molecule is O=C(O)COCCOC1CCCCC1. The molecule has 82 valence electrons. The van der Waals surface area contributed by atoms with Crippen molar-refractivity contribution in [2.24, 2.45) is 0 Å². The summed E-state index contributed by atoms with van der Waals surface area (Å²) in [5.41, 5.74) is 0. The fourth-order valence-corrected chi connectivity index (χ4v) is 1.66. The highest BCUT2D eigenvalue weighted by Crippen LogP contribution is 2.19. The molecule has 0 amide bonds. The van der Waals surface area contributed by atoms with Crippen LogP contribution in [-0.4, -0.2) is 37.0 Å². The molecule has 0 aromatic rings. The van der Waals surface area contributed by atoms with Crippen molar-refractivity contribution in [2.75, 3.05) is 19.8 Å². The van der Waals surface area contributed by atoms with Crippen molar-refractivity contribution in [3.8, 4) is 0 Å². The second kappa shape index (κ2) is 6.79. The Labute approximate surface area is 84.2 Å². The lowest BCUT2D eigenvalue weighted by molar-refractivity contribution is -0.143. The first kappa shape index (κ1) is 11.5. The second-order valence-electron chi connectivity index (χ2n) is 3.58. The normalized spacial score (nSPS) is 18.3. The van der Waals surface area contributed by atoms with Gasteiger partial charge in [0.05, 0.1) is 19.3 Å². The van der Waals surface area contributed by atoms with Crippen LogP contribution in [-0.2, 0) is 14.3 Å². The summed E-state index contributed by atoms with van der Waals surface area (Å²) < 4.78 is 10.4. The summed E-state index contributed by atoms with van der Waals surface area (Å²) in [5.74, 6) is -0.928. The molecule has 14 heavy (non-hydrogen) atoms. The molecule has 1 aliphatic carbocycles. The van der Waals surface area contributed by atoms with Gasteiger partial charge < -0.3 is 14.6 Å². The summed E-state index contributed by atoms with van der Waals surface area (Å²) >= 11 is 0. The molecule has 0 atom stereocenters. The topological polar surface area (TPSA) is 55.8 Å². The smallest absolute Gasteiger partial charge is 0.329 e. The van der Waals surface area contributed by atoms with Crippen molar-refractivity contribution in [1.29, 1.82) is 0 Å². The number of hydrogen-bond donors (Lipinski definition) is 1. The molecule has 0 unspecified atom stereocenters. The van der Waals surface area contributed by atoms with Crippen LogP contribution in [0, 0.1) is 0 Å². The third kappa shape index (κ3) is 5.19. The first-order valence-electron chi connectivity index (χ1n) is 5.20. The Morgan fingerprint density at radius 3 is 2.57 bits per heavy atom. The summed E-state index contributed by atoms with van der Waals surface area (Å²) in [6.07, 6.45) is 6.46. The molecule has 0 radical (unpaired) electrons.